The van der Waals surface area contributed by atoms with Crippen LogP contribution in [0.15, 0.2) is 72.8 Å². The first-order valence-corrected chi connectivity index (χ1v) is 10.6. The average molecular weight is 488 g/mol. The second-order valence-electron chi connectivity index (χ2n) is 7.72. The second kappa shape index (κ2) is 11.3. The zero-order valence-corrected chi connectivity index (χ0v) is 18.8. The van der Waals surface area contributed by atoms with Gasteiger partial charge in [-0.05, 0) is 59.7 Å². The van der Waals surface area contributed by atoms with Crippen LogP contribution in [-0.2, 0) is 0 Å². The van der Waals surface area contributed by atoms with Crippen LogP contribution in [0.2, 0.25) is 0 Å². The number of hydrogen-bond donors (Lipinski definition) is 8. The molecule has 36 heavy (non-hydrogen) atoms. The van der Waals surface area contributed by atoms with E-state index in [9.17, 15) is 30.6 Å². The summed E-state index contributed by atoms with van der Waals surface area (Å²) in [6.45, 7) is 0. The van der Waals surface area contributed by atoms with Gasteiger partial charge in [-0.3, -0.25) is 0 Å². The van der Waals surface area contributed by atoms with E-state index in [1.54, 1.807) is 36.4 Å². The summed E-state index contributed by atoms with van der Waals surface area (Å²) in [6, 6.07) is 16.9. The molecule has 0 aliphatic carbocycles. The topological polar surface area (TPSA) is 162 Å². The maximum Gasteiger partial charge on any atom is 0.126 e. The van der Waals surface area contributed by atoms with Crippen LogP contribution in [0.5, 0.6) is 46.0 Å². The summed E-state index contributed by atoms with van der Waals surface area (Å²) in [7, 11) is 0. The molecule has 184 valence electrons. The Morgan fingerprint density at radius 2 is 0.667 bits per heavy atom. The van der Waals surface area contributed by atoms with Gasteiger partial charge in [0.15, 0.2) is 0 Å². The monoisotopic (exact) mass is 488 g/mol. The van der Waals surface area contributed by atoms with Crippen molar-refractivity contribution >= 4 is 24.3 Å². The third-order valence-corrected chi connectivity index (χ3v) is 4.79. The number of aromatic hydroxyl groups is 8. The molecule has 4 aromatic carbocycles. The minimum absolute atomic E-state index is 0.0142. The molecule has 0 aliphatic heterocycles. The Kier molecular flexibility index (Phi) is 7.94. The Morgan fingerprint density at radius 3 is 0.972 bits per heavy atom. The van der Waals surface area contributed by atoms with E-state index in [-0.39, 0.29) is 46.0 Å². The molecule has 0 atom stereocenters. The third kappa shape index (κ3) is 7.39. The van der Waals surface area contributed by atoms with Crippen LogP contribution in [0, 0.1) is 0 Å². The van der Waals surface area contributed by atoms with E-state index in [1.807, 2.05) is 0 Å². The predicted molar refractivity (Wildman–Crippen MR) is 137 cm³/mol. The highest BCUT2D eigenvalue weighted by Crippen LogP contribution is 2.27. The molecule has 0 aliphatic rings. The van der Waals surface area contributed by atoms with Gasteiger partial charge in [-0.15, -0.1) is 0 Å². The summed E-state index contributed by atoms with van der Waals surface area (Å²) < 4.78 is 0. The van der Waals surface area contributed by atoms with E-state index in [1.165, 1.54) is 60.7 Å². The molecule has 4 aromatic rings. The first kappa shape index (κ1) is 25.4. The average Bonchev–Trinajstić information content (AvgIpc) is 2.77. The number of hydrogen-bond acceptors (Lipinski definition) is 8. The van der Waals surface area contributed by atoms with Crippen LogP contribution in [0.1, 0.15) is 22.3 Å². The Bertz CT molecular complexity index is 1270. The molecule has 0 saturated carbocycles. The van der Waals surface area contributed by atoms with Gasteiger partial charge < -0.3 is 40.9 Å². The van der Waals surface area contributed by atoms with Crippen molar-refractivity contribution in [3.8, 4) is 46.0 Å². The van der Waals surface area contributed by atoms with Crippen LogP contribution in [-0.4, -0.2) is 40.9 Å². The van der Waals surface area contributed by atoms with Crippen molar-refractivity contribution in [2.45, 2.75) is 0 Å². The predicted octanol–water partition coefficient (Wildman–Crippen LogP) is 5.36. The smallest absolute Gasteiger partial charge is 0.126 e. The van der Waals surface area contributed by atoms with Crippen LogP contribution < -0.4 is 0 Å². The number of phenolic OH excluding ortho intramolecular Hbond substituents is 8. The highest BCUT2D eigenvalue weighted by Gasteiger charge is 2.01. The molecule has 0 bridgehead atoms. The normalized spacial score (nSPS) is 10.9. The molecule has 0 spiro atoms. The summed E-state index contributed by atoms with van der Waals surface area (Å²) in [5.41, 5.74) is 2.24. The standard InChI is InChI=1S/2C14H12O4/c2*15-11-4-3-10(14(18)8-11)2-1-9-5-12(16)7-13(17)6-9/h2*1-8,15-18H. The van der Waals surface area contributed by atoms with E-state index in [0.717, 1.165) is 0 Å². The van der Waals surface area contributed by atoms with Gasteiger partial charge >= 0.3 is 0 Å². The highest BCUT2D eigenvalue weighted by atomic mass is 16.3. The molecule has 0 heterocycles. The number of rotatable bonds is 4. The van der Waals surface area contributed by atoms with Crippen molar-refractivity contribution in [2.24, 2.45) is 0 Å². The molecule has 8 heteroatoms. The fraction of sp³-hybridized carbons (Fsp3) is 0. The van der Waals surface area contributed by atoms with Crippen LogP contribution in [0.3, 0.4) is 0 Å². The Balaban J connectivity index is 0.000000201. The van der Waals surface area contributed by atoms with Gasteiger partial charge in [0, 0.05) is 35.4 Å². The van der Waals surface area contributed by atoms with E-state index in [2.05, 4.69) is 0 Å². The quantitative estimate of drug-likeness (QED) is 0.178. The van der Waals surface area contributed by atoms with E-state index >= 15 is 0 Å². The van der Waals surface area contributed by atoms with E-state index < -0.39 is 0 Å². The Morgan fingerprint density at radius 1 is 0.333 bits per heavy atom. The SMILES string of the molecule is Oc1cc(O)cc(C=Cc2ccc(O)cc2O)c1.Oc1cc(O)cc(C=Cc2ccc(O)cc2O)c1. The molecule has 0 aromatic heterocycles. The lowest BCUT2D eigenvalue weighted by Crippen LogP contribution is -1.76. The van der Waals surface area contributed by atoms with Crippen molar-refractivity contribution in [3.05, 3.63) is 95.1 Å². The van der Waals surface area contributed by atoms with Gasteiger partial charge in [0.05, 0.1) is 0 Å². The van der Waals surface area contributed by atoms with Crippen LogP contribution in [0.4, 0.5) is 0 Å². The molecular weight excluding hydrogens is 464 g/mol. The molecule has 0 unspecified atom stereocenters. The first-order chi connectivity index (χ1) is 17.1. The molecule has 0 radical (unpaired) electrons. The second-order valence-corrected chi connectivity index (χ2v) is 7.72. The molecule has 0 amide bonds. The van der Waals surface area contributed by atoms with Crippen molar-refractivity contribution < 1.29 is 40.9 Å². The van der Waals surface area contributed by atoms with Gasteiger partial charge in [-0.2, -0.15) is 0 Å². The zero-order chi connectivity index (χ0) is 26.2. The Hall–Kier alpha value is -5.24. The summed E-state index contributed by atoms with van der Waals surface area (Å²) in [6.07, 6.45) is 6.49. The highest BCUT2D eigenvalue weighted by molar-refractivity contribution is 5.74. The lowest BCUT2D eigenvalue weighted by Gasteiger charge is -2.01. The minimum Gasteiger partial charge on any atom is -0.508 e. The van der Waals surface area contributed by atoms with Gasteiger partial charge in [-0.1, -0.05) is 24.3 Å². The van der Waals surface area contributed by atoms with Gasteiger partial charge in [0.2, 0.25) is 0 Å². The molecule has 0 saturated heterocycles. The van der Waals surface area contributed by atoms with Gasteiger partial charge in [0.1, 0.15) is 46.0 Å². The first-order valence-electron chi connectivity index (χ1n) is 10.6. The fourth-order valence-corrected chi connectivity index (χ4v) is 3.15. The summed E-state index contributed by atoms with van der Waals surface area (Å²) in [4.78, 5) is 0. The minimum atomic E-state index is -0.0457. The van der Waals surface area contributed by atoms with Crippen LogP contribution >= 0.6 is 0 Å². The molecular formula is C28H24O8. The maximum atomic E-state index is 9.57. The summed E-state index contributed by atoms with van der Waals surface area (Å²) in [5, 5.41) is 74.7. The van der Waals surface area contributed by atoms with Crippen molar-refractivity contribution in [2.75, 3.05) is 0 Å². The lowest BCUT2D eigenvalue weighted by atomic mass is 10.1. The van der Waals surface area contributed by atoms with Crippen molar-refractivity contribution in [3.63, 3.8) is 0 Å². The third-order valence-electron chi connectivity index (χ3n) is 4.79. The van der Waals surface area contributed by atoms with Gasteiger partial charge in [-0.25, -0.2) is 0 Å². The van der Waals surface area contributed by atoms with Crippen molar-refractivity contribution in [1.29, 1.82) is 0 Å². The Labute approximate surface area is 206 Å². The lowest BCUT2D eigenvalue weighted by molar-refractivity contribution is 0.448. The molecule has 4 rings (SSSR count). The summed E-state index contributed by atoms with van der Waals surface area (Å²) in [5.74, 6) is -0.270. The van der Waals surface area contributed by atoms with Crippen LogP contribution in [0.25, 0.3) is 24.3 Å². The maximum absolute atomic E-state index is 9.57. The molecule has 0 fully saturated rings. The number of phenols is 8. The summed E-state index contributed by atoms with van der Waals surface area (Å²) >= 11 is 0. The van der Waals surface area contributed by atoms with Gasteiger partial charge in [0.25, 0.3) is 0 Å². The zero-order valence-electron chi connectivity index (χ0n) is 18.8. The van der Waals surface area contributed by atoms with E-state index in [0.29, 0.717) is 22.3 Å². The fourth-order valence-electron chi connectivity index (χ4n) is 3.15. The molecule has 8 nitrogen and oxygen atoms in total. The number of benzene rings is 4. The van der Waals surface area contributed by atoms with E-state index in [4.69, 9.17) is 10.2 Å². The van der Waals surface area contributed by atoms with Crippen molar-refractivity contribution in [1.82, 2.24) is 0 Å². The molecule has 8 N–H and O–H groups in total. The largest absolute Gasteiger partial charge is 0.508 e.